The summed E-state index contributed by atoms with van der Waals surface area (Å²) in [5, 5.41) is 7.29. The van der Waals surface area contributed by atoms with Crippen LogP contribution in [0.15, 0.2) is 23.4 Å². The summed E-state index contributed by atoms with van der Waals surface area (Å²) in [7, 11) is 0. The molecule has 5 heteroatoms. The summed E-state index contributed by atoms with van der Waals surface area (Å²) in [5.74, 6) is -0.311. The molecule has 0 aromatic carbocycles. The van der Waals surface area contributed by atoms with E-state index in [1.165, 1.54) is 4.90 Å². The molecule has 1 rings (SSSR count). The second-order valence-corrected chi connectivity index (χ2v) is 6.61. The molecule has 0 aliphatic carbocycles. The molecule has 1 unspecified atom stereocenters. The largest absolute Gasteiger partial charge is 0.443 e. The third kappa shape index (κ3) is 3.46. The van der Waals surface area contributed by atoms with Crippen LogP contribution in [0.5, 0.6) is 0 Å². The monoisotopic (exact) mass is 306 g/mol. The highest BCUT2D eigenvalue weighted by Crippen LogP contribution is 2.43. The summed E-state index contributed by atoms with van der Waals surface area (Å²) in [5.41, 5.74) is -0.0191. The van der Waals surface area contributed by atoms with E-state index in [1.54, 1.807) is 6.92 Å². The Kier molecular flexibility index (Phi) is 5.33. The second kappa shape index (κ2) is 6.46. The van der Waals surface area contributed by atoms with Crippen molar-refractivity contribution in [2.75, 3.05) is 6.54 Å². The molecular formula is C17H26N2O3. The number of allylic oxidation sites excluding steroid dienone is 3. The van der Waals surface area contributed by atoms with Gasteiger partial charge >= 0.3 is 6.09 Å². The molecule has 1 amide bonds. The Morgan fingerprint density at radius 1 is 1.41 bits per heavy atom. The summed E-state index contributed by atoms with van der Waals surface area (Å²) >= 11 is 0. The maximum Gasteiger partial charge on any atom is 0.414 e. The van der Waals surface area contributed by atoms with Gasteiger partial charge in [0, 0.05) is 12.2 Å². The molecule has 0 saturated carbocycles. The van der Waals surface area contributed by atoms with Crippen molar-refractivity contribution >= 4 is 18.1 Å². The number of ether oxygens (including phenoxy) is 1. The molecule has 1 fully saturated rings. The van der Waals surface area contributed by atoms with E-state index in [1.807, 2.05) is 46.8 Å². The lowest BCUT2D eigenvalue weighted by Gasteiger charge is -2.25. The van der Waals surface area contributed by atoms with Crippen molar-refractivity contribution in [1.29, 1.82) is 5.41 Å². The molecule has 1 heterocycles. The van der Waals surface area contributed by atoms with Crippen LogP contribution in [0.25, 0.3) is 0 Å². The fourth-order valence-electron chi connectivity index (χ4n) is 2.64. The van der Waals surface area contributed by atoms with Gasteiger partial charge in [-0.05, 0) is 46.6 Å². The summed E-state index contributed by atoms with van der Waals surface area (Å²) in [4.78, 5) is 26.2. The fraction of sp³-hybridized carbons (Fsp3) is 0.588. The SMILES string of the molecule is C/C=C1\C(=C/CC)N(C(=O)OC(C)(C)C)CC1(C)C(=O)C=N. The number of amides is 1. The Balaban J connectivity index is 3.30. The maximum absolute atomic E-state index is 12.5. The van der Waals surface area contributed by atoms with Crippen LogP contribution >= 0.6 is 0 Å². The van der Waals surface area contributed by atoms with Gasteiger partial charge in [0.1, 0.15) is 5.60 Å². The van der Waals surface area contributed by atoms with E-state index >= 15 is 0 Å². The Morgan fingerprint density at radius 2 is 2.00 bits per heavy atom. The van der Waals surface area contributed by atoms with E-state index in [2.05, 4.69) is 0 Å². The number of rotatable bonds is 3. The first-order valence-electron chi connectivity index (χ1n) is 7.53. The minimum Gasteiger partial charge on any atom is -0.443 e. The van der Waals surface area contributed by atoms with Crippen molar-refractivity contribution < 1.29 is 14.3 Å². The number of ketones is 1. The van der Waals surface area contributed by atoms with Crippen LogP contribution in [0.1, 0.15) is 48.0 Å². The van der Waals surface area contributed by atoms with Gasteiger partial charge in [0.2, 0.25) is 0 Å². The van der Waals surface area contributed by atoms with Crippen molar-refractivity contribution in [3.63, 3.8) is 0 Å². The van der Waals surface area contributed by atoms with Crippen molar-refractivity contribution in [3.05, 3.63) is 23.4 Å². The third-order valence-corrected chi connectivity index (χ3v) is 3.61. The van der Waals surface area contributed by atoms with Crippen LogP contribution in [-0.2, 0) is 9.53 Å². The molecule has 0 bridgehead atoms. The number of nitrogens with zero attached hydrogens (tertiary/aromatic N) is 1. The Bertz CT molecular complexity index is 541. The van der Waals surface area contributed by atoms with Crippen molar-refractivity contribution in [1.82, 2.24) is 4.90 Å². The number of carbonyl (C=O) groups excluding carboxylic acids is 2. The average molecular weight is 306 g/mol. The molecule has 5 nitrogen and oxygen atoms in total. The number of hydrogen-bond donors (Lipinski definition) is 1. The number of carbonyl (C=O) groups is 2. The Morgan fingerprint density at radius 3 is 2.41 bits per heavy atom. The predicted octanol–water partition coefficient (Wildman–Crippen LogP) is 3.70. The zero-order chi connectivity index (χ0) is 17.1. The standard InChI is InChI=1S/C17H26N2O3/c1-7-9-13-12(8-2)17(6,14(20)10-18)11-19(13)15(21)22-16(3,4)5/h8-10,18H,7,11H2,1-6H3/b12-8+,13-9+,18-10?. The van der Waals surface area contributed by atoms with Crippen LogP contribution in [0, 0.1) is 10.8 Å². The van der Waals surface area contributed by atoms with Gasteiger partial charge < -0.3 is 10.1 Å². The molecular weight excluding hydrogens is 280 g/mol. The number of nitrogens with one attached hydrogen (secondary N) is 1. The van der Waals surface area contributed by atoms with E-state index in [9.17, 15) is 9.59 Å². The van der Waals surface area contributed by atoms with Crippen LogP contribution in [0.4, 0.5) is 4.79 Å². The highest BCUT2D eigenvalue weighted by atomic mass is 16.6. The quantitative estimate of drug-likeness (QED) is 0.808. The molecule has 122 valence electrons. The van der Waals surface area contributed by atoms with E-state index in [0.29, 0.717) is 5.70 Å². The minimum atomic E-state index is -0.894. The lowest BCUT2D eigenvalue weighted by atomic mass is 9.80. The van der Waals surface area contributed by atoms with Crippen molar-refractivity contribution in [3.8, 4) is 0 Å². The van der Waals surface area contributed by atoms with Crippen LogP contribution in [0.3, 0.4) is 0 Å². The minimum absolute atomic E-state index is 0.196. The first kappa shape index (κ1) is 18.1. The van der Waals surface area contributed by atoms with Crippen molar-refractivity contribution in [2.45, 2.75) is 53.6 Å². The lowest BCUT2D eigenvalue weighted by molar-refractivity contribution is -0.118. The van der Waals surface area contributed by atoms with Crippen molar-refractivity contribution in [2.24, 2.45) is 5.41 Å². The van der Waals surface area contributed by atoms with Gasteiger partial charge in [-0.2, -0.15) is 0 Å². The summed E-state index contributed by atoms with van der Waals surface area (Å²) < 4.78 is 5.45. The zero-order valence-corrected chi connectivity index (χ0v) is 14.3. The van der Waals surface area contributed by atoms with E-state index in [4.69, 9.17) is 10.1 Å². The molecule has 1 aliphatic heterocycles. The number of hydrogen-bond acceptors (Lipinski definition) is 4. The topological polar surface area (TPSA) is 70.5 Å². The highest BCUT2D eigenvalue weighted by molar-refractivity contribution is 6.30. The van der Waals surface area contributed by atoms with Crippen LogP contribution in [0.2, 0.25) is 0 Å². The summed E-state index contributed by atoms with van der Waals surface area (Å²) in [6.45, 7) is 11.2. The molecule has 1 aliphatic rings. The average Bonchev–Trinajstić information content (AvgIpc) is 2.70. The third-order valence-electron chi connectivity index (χ3n) is 3.61. The van der Waals surface area contributed by atoms with Crippen LogP contribution < -0.4 is 0 Å². The van der Waals surface area contributed by atoms with Crippen LogP contribution in [-0.4, -0.2) is 35.1 Å². The summed E-state index contributed by atoms with van der Waals surface area (Å²) in [6.07, 6.45) is 4.86. The second-order valence-electron chi connectivity index (χ2n) is 6.61. The normalized spacial score (nSPS) is 25.6. The van der Waals surface area contributed by atoms with Gasteiger partial charge in [0.05, 0.1) is 11.6 Å². The zero-order valence-electron chi connectivity index (χ0n) is 14.3. The molecule has 22 heavy (non-hydrogen) atoms. The molecule has 1 atom stereocenters. The maximum atomic E-state index is 12.5. The fourth-order valence-corrected chi connectivity index (χ4v) is 2.64. The molecule has 0 aromatic heterocycles. The first-order chi connectivity index (χ1) is 10.1. The van der Waals surface area contributed by atoms with E-state index in [-0.39, 0.29) is 12.3 Å². The smallest absolute Gasteiger partial charge is 0.414 e. The van der Waals surface area contributed by atoms with Gasteiger partial charge in [-0.1, -0.05) is 19.1 Å². The Labute approximate surface area is 132 Å². The summed E-state index contributed by atoms with van der Waals surface area (Å²) in [6, 6.07) is 0. The molecule has 0 aromatic rings. The molecule has 0 radical (unpaired) electrons. The lowest BCUT2D eigenvalue weighted by Crippen LogP contribution is -2.38. The first-order valence-corrected chi connectivity index (χ1v) is 7.53. The van der Waals surface area contributed by atoms with Gasteiger partial charge in [0.15, 0.2) is 5.78 Å². The van der Waals surface area contributed by atoms with E-state index in [0.717, 1.165) is 18.2 Å². The van der Waals surface area contributed by atoms with Gasteiger partial charge in [-0.15, -0.1) is 0 Å². The van der Waals surface area contributed by atoms with Gasteiger partial charge in [0.25, 0.3) is 0 Å². The number of likely N-dealkylation sites (tertiary alicyclic amines) is 1. The van der Waals surface area contributed by atoms with Gasteiger partial charge in [-0.25, -0.2) is 4.79 Å². The predicted molar refractivity (Wildman–Crippen MR) is 87.0 cm³/mol. The molecule has 1 saturated heterocycles. The molecule has 1 N–H and O–H groups in total. The molecule has 0 spiro atoms. The highest BCUT2D eigenvalue weighted by Gasteiger charge is 2.48. The Hall–Kier alpha value is -1.91. The van der Waals surface area contributed by atoms with Gasteiger partial charge in [-0.3, -0.25) is 9.69 Å². The van der Waals surface area contributed by atoms with E-state index < -0.39 is 17.1 Å². The number of Topliss-reactive ketones (excluding diaryl/α,β-unsaturated/α-hetero) is 1.